The number of nitrogens with one attached hydrogen (secondary N) is 1. The lowest BCUT2D eigenvalue weighted by Gasteiger charge is -2.23. The zero-order valence-electron chi connectivity index (χ0n) is 12.1. The van der Waals surface area contributed by atoms with Crippen LogP contribution in [0.25, 0.3) is 0 Å². The first kappa shape index (κ1) is 13.2. The van der Waals surface area contributed by atoms with Gasteiger partial charge in [0.1, 0.15) is 5.75 Å². The van der Waals surface area contributed by atoms with Gasteiger partial charge in [0.15, 0.2) is 0 Å². The summed E-state index contributed by atoms with van der Waals surface area (Å²) < 4.78 is 5.62. The first-order valence-electron chi connectivity index (χ1n) is 7.52. The van der Waals surface area contributed by atoms with Crippen molar-refractivity contribution in [1.82, 2.24) is 5.32 Å². The molecule has 0 fully saturated rings. The first-order chi connectivity index (χ1) is 10.3. The maximum Gasteiger partial charge on any atom is 0.122 e. The normalized spacial score (nSPS) is 20.7. The van der Waals surface area contributed by atoms with Gasteiger partial charge in [-0.3, -0.25) is 0 Å². The van der Waals surface area contributed by atoms with Crippen molar-refractivity contribution < 1.29 is 4.74 Å². The third kappa shape index (κ3) is 2.34. The lowest BCUT2D eigenvalue weighted by atomic mass is 9.97. The third-order valence-electron chi connectivity index (χ3n) is 4.43. The molecule has 0 amide bonds. The summed E-state index contributed by atoms with van der Waals surface area (Å²) in [5.74, 6) is 1.07. The minimum absolute atomic E-state index is 0.383. The topological polar surface area (TPSA) is 21.3 Å². The third-order valence-corrected chi connectivity index (χ3v) is 5.82. The molecule has 0 aromatic heterocycles. The molecule has 2 aliphatic rings. The van der Waals surface area contributed by atoms with E-state index in [1.807, 2.05) is 11.8 Å². The number of rotatable bonds is 3. The van der Waals surface area contributed by atoms with Crippen molar-refractivity contribution in [2.45, 2.75) is 29.0 Å². The number of thioether (sulfide) groups is 1. The zero-order chi connectivity index (χ0) is 14.2. The highest BCUT2D eigenvalue weighted by molar-refractivity contribution is 8.00. The van der Waals surface area contributed by atoms with Crippen LogP contribution in [-0.2, 0) is 12.8 Å². The van der Waals surface area contributed by atoms with Crippen LogP contribution in [0.3, 0.4) is 0 Å². The van der Waals surface area contributed by atoms with Gasteiger partial charge in [-0.15, -0.1) is 11.8 Å². The average Bonchev–Trinajstić information content (AvgIpc) is 3.13. The Morgan fingerprint density at radius 2 is 2.10 bits per heavy atom. The fraction of sp³-hybridized carbons (Fsp3) is 0.333. The summed E-state index contributed by atoms with van der Waals surface area (Å²) in [4.78, 5) is 1.44. The first-order valence-corrected chi connectivity index (χ1v) is 8.40. The van der Waals surface area contributed by atoms with E-state index in [1.165, 1.54) is 21.6 Å². The summed E-state index contributed by atoms with van der Waals surface area (Å²) in [6.07, 6.45) is 2.18. The summed E-state index contributed by atoms with van der Waals surface area (Å²) in [7, 11) is 2.07. The number of fused-ring (bicyclic) bond motifs is 2. The summed E-state index contributed by atoms with van der Waals surface area (Å²) in [6, 6.07) is 15.8. The van der Waals surface area contributed by atoms with Gasteiger partial charge in [-0.25, -0.2) is 0 Å². The van der Waals surface area contributed by atoms with E-state index in [0.29, 0.717) is 11.3 Å². The Kier molecular flexibility index (Phi) is 3.40. The van der Waals surface area contributed by atoms with Crippen molar-refractivity contribution in [3.8, 4) is 5.75 Å². The Balaban J connectivity index is 1.61. The molecule has 2 heterocycles. The van der Waals surface area contributed by atoms with E-state index < -0.39 is 0 Å². The molecule has 1 N–H and O–H groups in total. The second kappa shape index (κ2) is 5.39. The minimum Gasteiger partial charge on any atom is -0.493 e. The quantitative estimate of drug-likeness (QED) is 0.935. The lowest BCUT2D eigenvalue weighted by Crippen LogP contribution is -2.27. The second-order valence-electron chi connectivity index (χ2n) is 5.70. The van der Waals surface area contributed by atoms with Crippen LogP contribution in [0.15, 0.2) is 47.4 Å². The van der Waals surface area contributed by atoms with Crippen LogP contribution >= 0.6 is 11.8 Å². The lowest BCUT2D eigenvalue weighted by molar-refractivity contribution is 0.356. The van der Waals surface area contributed by atoms with Crippen LogP contribution < -0.4 is 10.1 Å². The molecule has 21 heavy (non-hydrogen) atoms. The molecular formula is C18H19NOS. The van der Waals surface area contributed by atoms with E-state index in [2.05, 4.69) is 54.8 Å². The Morgan fingerprint density at radius 1 is 1.19 bits per heavy atom. The van der Waals surface area contributed by atoms with Gasteiger partial charge in [0.2, 0.25) is 0 Å². The van der Waals surface area contributed by atoms with Crippen LogP contribution in [0.4, 0.5) is 0 Å². The van der Waals surface area contributed by atoms with Gasteiger partial charge in [0.25, 0.3) is 0 Å². The fourth-order valence-corrected chi connectivity index (χ4v) is 4.84. The Hall–Kier alpha value is -1.45. The van der Waals surface area contributed by atoms with E-state index in [4.69, 9.17) is 4.74 Å². The molecule has 3 heteroatoms. The SMILES string of the molecule is CNC(c1ccc2c(c1)CCO2)C1Cc2ccccc2S1. The summed E-state index contributed by atoms with van der Waals surface area (Å²) in [5, 5.41) is 4.09. The van der Waals surface area contributed by atoms with E-state index in [1.54, 1.807) is 0 Å². The largest absolute Gasteiger partial charge is 0.493 e. The second-order valence-corrected chi connectivity index (χ2v) is 6.98. The molecule has 0 saturated heterocycles. The molecule has 108 valence electrons. The molecule has 2 aromatic rings. The highest BCUT2D eigenvalue weighted by atomic mass is 32.2. The molecule has 0 aliphatic carbocycles. The monoisotopic (exact) mass is 297 g/mol. The van der Waals surface area contributed by atoms with E-state index in [-0.39, 0.29) is 0 Å². The van der Waals surface area contributed by atoms with Crippen LogP contribution in [0.2, 0.25) is 0 Å². The van der Waals surface area contributed by atoms with Crippen LogP contribution in [0.1, 0.15) is 22.7 Å². The van der Waals surface area contributed by atoms with Gasteiger partial charge in [-0.2, -0.15) is 0 Å². The maximum atomic E-state index is 5.62. The van der Waals surface area contributed by atoms with E-state index in [9.17, 15) is 0 Å². The maximum absolute atomic E-state index is 5.62. The average molecular weight is 297 g/mol. The molecule has 0 bridgehead atoms. The number of ether oxygens (including phenoxy) is 1. The Morgan fingerprint density at radius 3 is 2.95 bits per heavy atom. The molecule has 2 aliphatic heterocycles. The number of hydrogen-bond acceptors (Lipinski definition) is 3. The van der Waals surface area contributed by atoms with E-state index in [0.717, 1.165) is 25.2 Å². The van der Waals surface area contributed by atoms with Crippen molar-refractivity contribution in [2.75, 3.05) is 13.7 Å². The standard InChI is InChI=1S/C18H19NOS/c1-19-18(14-6-7-15-12(10-14)8-9-20-15)17-11-13-4-2-3-5-16(13)21-17/h2-7,10,17-19H,8-9,11H2,1H3. The van der Waals surface area contributed by atoms with Gasteiger partial charge in [0.05, 0.1) is 6.61 Å². The predicted octanol–water partition coefficient (Wildman–Crippen LogP) is 3.60. The smallest absolute Gasteiger partial charge is 0.122 e. The summed E-state index contributed by atoms with van der Waals surface area (Å²) >= 11 is 2.00. The van der Waals surface area contributed by atoms with Gasteiger partial charge < -0.3 is 10.1 Å². The van der Waals surface area contributed by atoms with E-state index >= 15 is 0 Å². The molecule has 0 saturated carbocycles. The molecule has 2 aromatic carbocycles. The van der Waals surface area contributed by atoms with Crippen molar-refractivity contribution in [3.63, 3.8) is 0 Å². The molecule has 4 rings (SSSR count). The highest BCUT2D eigenvalue weighted by Crippen LogP contribution is 2.43. The molecule has 2 nitrogen and oxygen atoms in total. The van der Waals surface area contributed by atoms with Crippen LogP contribution in [0, 0.1) is 0 Å². The summed E-state index contributed by atoms with van der Waals surface area (Å²) in [5.41, 5.74) is 4.22. The van der Waals surface area contributed by atoms with Crippen molar-refractivity contribution in [2.24, 2.45) is 0 Å². The minimum atomic E-state index is 0.383. The Bertz CT molecular complexity index is 645. The molecular weight excluding hydrogens is 278 g/mol. The fourth-order valence-electron chi connectivity index (χ4n) is 3.36. The summed E-state index contributed by atoms with van der Waals surface area (Å²) in [6.45, 7) is 0.826. The Labute approximate surface area is 129 Å². The van der Waals surface area contributed by atoms with Crippen molar-refractivity contribution >= 4 is 11.8 Å². The molecule has 0 radical (unpaired) electrons. The number of benzene rings is 2. The number of hydrogen-bond donors (Lipinski definition) is 1. The van der Waals surface area contributed by atoms with Crippen molar-refractivity contribution in [1.29, 1.82) is 0 Å². The highest BCUT2D eigenvalue weighted by Gasteiger charge is 2.30. The predicted molar refractivity (Wildman–Crippen MR) is 87.2 cm³/mol. The molecule has 0 spiro atoms. The molecule has 2 atom stereocenters. The van der Waals surface area contributed by atoms with Gasteiger partial charge in [-0.05, 0) is 42.3 Å². The van der Waals surface area contributed by atoms with Gasteiger partial charge in [-0.1, -0.05) is 30.3 Å². The van der Waals surface area contributed by atoms with Gasteiger partial charge in [0, 0.05) is 22.6 Å². The van der Waals surface area contributed by atoms with Crippen molar-refractivity contribution in [3.05, 3.63) is 59.2 Å². The van der Waals surface area contributed by atoms with Crippen LogP contribution in [-0.4, -0.2) is 18.9 Å². The zero-order valence-corrected chi connectivity index (χ0v) is 13.0. The van der Waals surface area contributed by atoms with Crippen LogP contribution in [0.5, 0.6) is 5.75 Å². The molecule has 2 unspecified atom stereocenters. The van der Waals surface area contributed by atoms with Gasteiger partial charge >= 0.3 is 0 Å².